The van der Waals surface area contributed by atoms with Crippen LogP contribution in [0.4, 0.5) is 5.69 Å². The lowest BCUT2D eigenvalue weighted by Crippen LogP contribution is -2.44. The Morgan fingerprint density at radius 1 is 0.968 bits per heavy atom. The van der Waals surface area contributed by atoms with Crippen molar-refractivity contribution in [1.82, 2.24) is 9.80 Å². The number of anilines is 1. The van der Waals surface area contributed by atoms with Crippen molar-refractivity contribution >= 4 is 22.2 Å². The molecule has 0 atom stereocenters. The van der Waals surface area contributed by atoms with E-state index in [0.29, 0.717) is 11.1 Å². The molecule has 5 heteroatoms. The molecule has 1 aromatic carbocycles. The number of nitrogens with zero attached hydrogens (tertiary/aromatic N) is 3. The highest BCUT2D eigenvalue weighted by Gasteiger charge is 2.20. The van der Waals surface area contributed by atoms with Crippen molar-refractivity contribution in [3.8, 4) is 0 Å². The zero-order valence-electron chi connectivity index (χ0n) is 18.5. The van der Waals surface area contributed by atoms with Crippen molar-refractivity contribution in [2.24, 2.45) is 0 Å². The van der Waals surface area contributed by atoms with Crippen LogP contribution in [-0.4, -0.2) is 49.6 Å². The number of hydrogen-bond acceptors (Lipinski definition) is 5. The largest absolute Gasteiger partial charge is 0.422 e. The van der Waals surface area contributed by atoms with Gasteiger partial charge in [-0.05, 0) is 74.9 Å². The minimum absolute atomic E-state index is 0.269. The van der Waals surface area contributed by atoms with E-state index in [1.807, 2.05) is 12.1 Å². The number of fused-ring (bicyclic) bond motifs is 2. The Kier molecular flexibility index (Phi) is 5.06. The quantitative estimate of drug-likeness (QED) is 0.681. The average Bonchev–Trinajstić information content (AvgIpc) is 2.92. The molecular weight excluding hydrogens is 386 g/mol. The summed E-state index contributed by atoms with van der Waals surface area (Å²) in [6, 6.07) is 8.23. The fourth-order valence-electron chi connectivity index (χ4n) is 4.54. The molecule has 0 radical (unpaired) electrons. The van der Waals surface area contributed by atoms with Gasteiger partial charge in [-0.25, -0.2) is 4.79 Å². The summed E-state index contributed by atoms with van der Waals surface area (Å²) in [4.78, 5) is 20.0. The summed E-state index contributed by atoms with van der Waals surface area (Å²) in [5.74, 6) is 0. The van der Waals surface area contributed by atoms with Crippen molar-refractivity contribution in [3.05, 3.63) is 81.5 Å². The maximum Gasteiger partial charge on any atom is 0.344 e. The molecule has 5 rings (SSSR count). The van der Waals surface area contributed by atoms with E-state index < -0.39 is 0 Å². The minimum Gasteiger partial charge on any atom is -0.422 e. The Balaban J connectivity index is 1.54. The summed E-state index contributed by atoms with van der Waals surface area (Å²) >= 11 is 0. The predicted octanol–water partition coefficient (Wildman–Crippen LogP) is 4.38. The van der Waals surface area contributed by atoms with Crippen LogP contribution in [0.15, 0.2) is 74.7 Å². The number of allylic oxidation sites excluding steroid dienone is 5. The van der Waals surface area contributed by atoms with Crippen LogP contribution >= 0.6 is 0 Å². The fraction of sp³-hybridized carbons (Fsp3) is 0.346. The molecule has 0 N–H and O–H groups in total. The molecule has 5 nitrogen and oxygen atoms in total. The highest BCUT2D eigenvalue weighted by molar-refractivity contribution is 5.86. The Morgan fingerprint density at radius 3 is 2.58 bits per heavy atom. The molecule has 0 spiro atoms. The van der Waals surface area contributed by atoms with Crippen LogP contribution < -0.4 is 10.5 Å². The molecule has 1 aromatic heterocycles. The van der Waals surface area contributed by atoms with Crippen LogP contribution in [0.2, 0.25) is 0 Å². The van der Waals surface area contributed by atoms with Gasteiger partial charge in [-0.1, -0.05) is 5.57 Å². The molecule has 31 heavy (non-hydrogen) atoms. The van der Waals surface area contributed by atoms with Crippen LogP contribution in [0.3, 0.4) is 0 Å². The van der Waals surface area contributed by atoms with Crippen molar-refractivity contribution in [2.45, 2.75) is 20.3 Å². The van der Waals surface area contributed by atoms with Crippen LogP contribution in [0.25, 0.3) is 16.5 Å². The first-order valence-corrected chi connectivity index (χ1v) is 11.0. The molecule has 0 aliphatic carbocycles. The van der Waals surface area contributed by atoms with Crippen molar-refractivity contribution in [1.29, 1.82) is 0 Å². The van der Waals surface area contributed by atoms with E-state index in [1.165, 1.54) is 11.1 Å². The Bertz CT molecular complexity index is 1210. The second kappa shape index (κ2) is 7.89. The van der Waals surface area contributed by atoms with Gasteiger partial charge in [0, 0.05) is 61.8 Å². The topological polar surface area (TPSA) is 39.9 Å². The Hall–Kier alpha value is -3.05. The van der Waals surface area contributed by atoms with E-state index in [2.05, 4.69) is 72.2 Å². The summed E-state index contributed by atoms with van der Waals surface area (Å²) in [5.41, 5.74) is 6.68. The van der Waals surface area contributed by atoms with Crippen LogP contribution in [0.5, 0.6) is 0 Å². The summed E-state index contributed by atoms with van der Waals surface area (Å²) in [6.45, 7) is 9.19. The average molecular weight is 416 g/mol. The first-order chi connectivity index (χ1) is 15.0. The zero-order chi connectivity index (χ0) is 21.5. The van der Waals surface area contributed by atoms with Crippen molar-refractivity contribution < 1.29 is 4.42 Å². The van der Waals surface area contributed by atoms with Gasteiger partial charge in [0.05, 0.1) is 5.56 Å². The van der Waals surface area contributed by atoms with Crippen molar-refractivity contribution in [3.63, 3.8) is 0 Å². The van der Waals surface area contributed by atoms with E-state index in [4.69, 9.17) is 4.42 Å². The van der Waals surface area contributed by atoms with Gasteiger partial charge in [0.25, 0.3) is 0 Å². The van der Waals surface area contributed by atoms with E-state index in [0.717, 1.165) is 61.5 Å². The molecule has 4 heterocycles. The van der Waals surface area contributed by atoms with Gasteiger partial charge >= 0.3 is 5.63 Å². The SMILES string of the molecule is CC1=CC2=CC(c3cc4ccc(N5CCN(C)CC5)cc4oc3=O)=C(C)CCN2C=C1. The zero-order valence-corrected chi connectivity index (χ0v) is 18.5. The van der Waals surface area contributed by atoms with Gasteiger partial charge in [0.2, 0.25) is 0 Å². The van der Waals surface area contributed by atoms with Gasteiger partial charge in [0.15, 0.2) is 0 Å². The van der Waals surface area contributed by atoms with Gasteiger partial charge < -0.3 is 19.1 Å². The molecule has 1 saturated heterocycles. The summed E-state index contributed by atoms with van der Waals surface area (Å²) in [7, 11) is 2.15. The molecule has 0 amide bonds. The fourth-order valence-corrected chi connectivity index (χ4v) is 4.54. The minimum atomic E-state index is -0.269. The summed E-state index contributed by atoms with van der Waals surface area (Å²) < 4.78 is 5.85. The molecule has 3 aliphatic heterocycles. The van der Waals surface area contributed by atoms with Gasteiger partial charge in [0.1, 0.15) is 5.58 Å². The molecule has 0 saturated carbocycles. The maximum atomic E-state index is 13.1. The van der Waals surface area contributed by atoms with Crippen LogP contribution in [0, 0.1) is 0 Å². The first-order valence-electron chi connectivity index (χ1n) is 11.0. The standard InChI is InChI=1S/C26H29N3O2/c1-18-6-8-28-9-7-19(2)23(16-22(28)14-18)24-15-20-4-5-21(17-25(20)31-26(24)30)29-12-10-27(3)11-13-29/h4-6,8,14-17H,7,9-13H2,1-3H3. The lowest BCUT2D eigenvalue weighted by Gasteiger charge is -2.34. The molecule has 1 fully saturated rings. The summed E-state index contributed by atoms with van der Waals surface area (Å²) in [5, 5.41) is 0.961. The first kappa shape index (κ1) is 19.9. The third-order valence-electron chi connectivity index (χ3n) is 6.58. The van der Waals surface area contributed by atoms with Gasteiger partial charge in [-0.3, -0.25) is 0 Å². The third kappa shape index (κ3) is 3.86. The number of piperazine rings is 1. The molecule has 2 aromatic rings. The van der Waals surface area contributed by atoms with E-state index in [1.54, 1.807) is 0 Å². The lowest BCUT2D eigenvalue weighted by atomic mass is 9.98. The number of benzene rings is 1. The number of hydrogen-bond donors (Lipinski definition) is 0. The highest BCUT2D eigenvalue weighted by Crippen LogP contribution is 2.31. The Labute approximate surface area is 183 Å². The summed E-state index contributed by atoms with van der Waals surface area (Å²) in [6.07, 6.45) is 9.46. The van der Waals surface area contributed by atoms with Crippen molar-refractivity contribution in [2.75, 3.05) is 44.7 Å². The second-order valence-electron chi connectivity index (χ2n) is 8.87. The monoisotopic (exact) mass is 415 g/mol. The van der Waals surface area contributed by atoms with E-state index in [9.17, 15) is 4.79 Å². The third-order valence-corrected chi connectivity index (χ3v) is 6.58. The second-order valence-corrected chi connectivity index (χ2v) is 8.87. The lowest BCUT2D eigenvalue weighted by molar-refractivity contribution is 0.313. The van der Waals surface area contributed by atoms with Crippen LogP contribution in [-0.2, 0) is 0 Å². The number of rotatable bonds is 2. The van der Waals surface area contributed by atoms with Gasteiger partial charge in [-0.2, -0.15) is 0 Å². The molecule has 160 valence electrons. The normalized spacial score (nSPS) is 20.0. The van der Waals surface area contributed by atoms with E-state index >= 15 is 0 Å². The predicted molar refractivity (Wildman–Crippen MR) is 127 cm³/mol. The number of likely N-dealkylation sites (N-methyl/N-ethyl adjacent to an activating group) is 1. The van der Waals surface area contributed by atoms with Crippen LogP contribution in [0.1, 0.15) is 25.8 Å². The smallest absolute Gasteiger partial charge is 0.344 e. The molecule has 0 bridgehead atoms. The maximum absolute atomic E-state index is 13.1. The molecule has 0 unspecified atom stereocenters. The molecule has 3 aliphatic rings. The van der Waals surface area contributed by atoms with Gasteiger partial charge in [-0.15, -0.1) is 0 Å². The Morgan fingerprint density at radius 2 is 1.77 bits per heavy atom. The highest BCUT2D eigenvalue weighted by atomic mass is 16.4. The molecular formula is C26H29N3O2. The van der Waals surface area contributed by atoms with E-state index in [-0.39, 0.29) is 5.63 Å².